The molecule has 0 N–H and O–H groups in total. The Labute approximate surface area is 103 Å². The molecule has 16 heavy (non-hydrogen) atoms. The van der Waals surface area contributed by atoms with Crippen LogP contribution in [-0.2, 0) is 0 Å². The third-order valence-electron chi connectivity index (χ3n) is 2.12. The molecule has 0 unspecified atom stereocenters. The highest BCUT2D eigenvalue weighted by Crippen LogP contribution is 2.27. The fraction of sp³-hybridized carbons (Fsp3) is 0. The van der Waals surface area contributed by atoms with Crippen LogP contribution in [-0.4, -0.2) is 10.8 Å². The van der Waals surface area contributed by atoms with Gasteiger partial charge in [0.2, 0.25) is 0 Å². The molecule has 1 aromatic carbocycles. The lowest BCUT2D eigenvalue weighted by Crippen LogP contribution is -2.02. The van der Waals surface area contributed by atoms with E-state index < -0.39 is 0 Å². The third-order valence-corrected chi connectivity index (χ3v) is 2.94. The summed E-state index contributed by atoms with van der Waals surface area (Å²) in [5.74, 6) is -0.180. The zero-order valence-corrected chi connectivity index (χ0v) is 9.66. The van der Waals surface area contributed by atoms with E-state index >= 15 is 0 Å². The highest BCUT2D eigenvalue weighted by molar-refractivity contribution is 6.44. The number of benzene rings is 1. The van der Waals surface area contributed by atoms with Crippen molar-refractivity contribution in [2.45, 2.75) is 0 Å². The average Bonchev–Trinajstić information content (AvgIpc) is 2.33. The molecular formula is C12H7Cl2NO. The molecule has 0 radical (unpaired) electrons. The monoisotopic (exact) mass is 251 g/mol. The van der Waals surface area contributed by atoms with Gasteiger partial charge in [-0.3, -0.25) is 9.78 Å². The van der Waals surface area contributed by atoms with Gasteiger partial charge >= 0.3 is 0 Å². The maximum absolute atomic E-state index is 12.0. The highest BCUT2D eigenvalue weighted by atomic mass is 35.5. The van der Waals surface area contributed by atoms with Crippen molar-refractivity contribution in [3.63, 3.8) is 0 Å². The summed E-state index contributed by atoms with van der Waals surface area (Å²) in [5.41, 5.74) is 0.883. The third kappa shape index (κ3) is 2.08. The van der Waals surface area contributed by atoms with Crippen molar-refractivity contribution in [3.8, 4) is 0 Å². The van der Waals surface area contributed by atoms with Gasteiger partial charge in [-0.15, -0.1) is 0 Å². The van der Waals surface area contributed by atoms with Crippen molar-refractivity contribution in [1.29, 1.82) is 0 Å². The molecule has 2 nitrogen and oxygen atoms in total. The number of nitrogens with zero attached hydrogens (tertiary/aromatic N) is 1. The first-order chi connectivity index (χ1) is 7.70. The quantitative estimate of drug-likeness (QED) is 0.764. The lowest BCUT2D eigenvalue weighted by molar-refractivity contribution is 0.103. The smallest absolute Gasteiger partial charge is 0.196 e. The van der Waals surface area contributed by atoms with Crippen LogP contribution in [0.4, 0.5) is 0 Å². The first-order valence-electron chi connectivity index (χ1n) is 4.59. The molecule has 1 aromatic heterocycles. The van der Waals surface area contributed by atoms with Crippen LogP contribution >= 0.6 is 23.2 Å². The molecule has 0 amide bonds. The maximum atomic E-state index is 12.0. The van der Waals surface area contributed by atoms with E-state index in [2.05, 4.69) is 4.98 Å². The Bertz CT molecular complexity index is 526. The Balaban J connectivity index is 2.46. The molecule has 1 heterocycles. The number of rotatable bonds is 2. The Morgan fingerprint density at radius 1 is 1.12 bits per heavy atom. The van der Waals surface area contributed by atoms with Crippen molar-refractivity contribution >= 4 is 29.0 Å². The second kappa shape index (κ2) is 4.64. The van der Waals surface area contributed by atoms with Gasteiger partial charge in [0.25, 0.3) is 0 Å². The zero-order valence-electron chi connectivity index (χ0n) is 8.15. The molecule has 80 valence electrons. The summed E-state index contributed by atoms with van der Waals surface area (Å²) < 4.78 is 0. The van der Waals surface area contributed by atoms with Crippen LogP contribution < -0.4 is 0 Å². The van der Waals surface area contributed by atoms with Gasteiger partial charge in [-0.05, 0) is 24.3 Å². The number of carbonyl (C=O) groups excluding carboxylic acids is 1. The van der Waals surface area contributed by atoms with Crippen LogP contribution in [0.25, 0.3) is 0 Å². The molecular weight excluding hydrogens is 245 g/mol. The topological polar surface area (TPSA) is 30.0 Å². The number of carbonyl (C=O) groups is 1. The van der Waals surface area contributed by atoms with E-state index in [1.807, 2.05) is 0 Å². The minimum Gasteiger partial charge on any atom is -0.288 e. The van der Waals surface area contributed by atoms with Crippen molar-refractivity contribution in [3.05, 3.63) is 63.9 Å². The average molecular weight is 252 g/mol. The molecule has 0 saturated heterocycles. The van der Waals surface area contributed by atoms with E-state index in [0.717, 1.165) is 0 Å². The standard InChI is InChI=1S/C12H7Cl2NO/c13-10-5-1-4-9(11(10)14)12(16)8-3-2-6-15-7-8/h1-7H. The lowest BCUT2D eigenvalue weighted by atomic mass is 10.1. The zero-order chi connectivity index (χ0) is 11.5. The van der Waals surface area contributed by atoms with E-state index in [0.29, 0.717) is 16.1 Å². The minimum absolute atomic E-state index is 0.180. The fourth-order valence-electron chi connectivity index (χ4n) is 1.33. The summed E-state index contributed by atoms with van der Waals surface area (Å²) in [6, 6.07) is 8.36. The van der Waals surface area contributed by atoms with E-state index in [4.69, 9.17) is 23.2 Å². The van der Waals surface area contributed by atoms with Crippen LogP contribution in [0.1, 0.15) is 15.9 Å². The van der Waals surface area contributed by atoms with Gasteiger partial charge < -0.3 is 0 Å². The van der Waals surface area contributed by atoms with Crippen molar-refractivity contribution in [1.82, 2.24) is 4.98 Å². The van der Waals surface area contributed by atoms with Gasteiger partial charge in [0.1, 0.15) is 0 Å². The molecule has 0 aliphatic heterocycles. The summed E-state index contributed by atoms with van der Waals surface area (Å²) in [4.78, 5) is 15.9. The minimum atomic E-state index is -0.180. The van der Waals surface area contributed by atoms with Crippen LogP contribution in [0.15, 0.2) is 42.7 Å². The Kier molecular flexibility index (Phi) is 3.22. The van der Waals surface area contributed by atoms with E-state index in [1.54, 1.807) is 36.5 Å². The first-order valence-corrected chi connectivity index (χ1v) is 5.34. The number of hydrogen-bond acceptors (Lipinski definition) is 2. The van der Waals surface area contributed by atoms with Crippen LogP contribution in [0.5, 0.6) is 0 Å². The van der Waals surface area contributed by atoms with Gasteiger partial charge in [-0.25, -0.2) is 0 Å². The Morgan fingerprint density at radius 3 is 2.62 bits per heavy atom. The molecule has 0 spiro atoms. The number of hydrogen-bond donors (Lipinski definition) is 0. The molecule has 0 aliphatic rings. The SMILES string of the molecule is O=C(c1cccnc1)c1cccc(Cl)c1Cl. The highest BCUT2D eigenvalue weighted by Gasteiger charge is 2.14. The van der Waals surface area contributed by atoms with Crippen molar-refractivity contribution < 1.29 is 4.79 Å². The second-order valence-corrected chi connectivity index (χ2v) is 3.96. The van der Waals surface area contributed by atoms with Crippen LogP contribution in [0, 0.1) is 0 Å². The van der Waals surface area contributed by atoms with E-state index in [1.165, 1.54) is 6.20 Å². The molecule has 4 heteroatoms. The summed E-state index contributed by atoms with van der Waals surface area (Å²) in [6.07, 6.45) is 3.11. The molecule has 0 atom stereocenters. The van der Waals surface area contributed by atoms with Gasteiger partial charge in [-0.1, -0.05) is 29.3 Å². The fourth-order valence-corrected chi connectivity index (χ4v) is 1.72. The van der Waals surface area contributed by atoms with Crippen molar-refractivity contribution in [2.24, 2.45) is 0 Å². The summed E-state index contributed by atoms with van der Waals surface area (Å²) in [6.45, 7) is 0. The molecule has 0 bridgehead atoms. The maximum Gasteiger partial charge on any atom is 0.196 e. The molecule has 0 saturated carbocycles. The number of halogens is 2. The number of pyridine rings is 1. The van der Waals surface area contributed by atoms with Crippen LogP contribution in [0.3, 0.4) is 0 Å². The van der Waals surface area contributed by atoms with Gasteiger partial charge in [-0.2, -0.15) is 0 Å². The lowest BCUT2D eigenvalue weighted by Gasteiger charge is -2.04. The number of ketones is 1. The van der Waals surface area contributed by atoms with Gasteiger partial charge in [0, 0.05) is 23.5 Å². The van der Waals surface area contributed by atoms with Crippen molar-refractivity contribution in [2.75, 3.05) is 0 Å². The normalized spacial score (nSPS) is 10.1. The van der Waals surface area contributed by atoms with E-state index in [-0.39, 0.29) is 10.8 Å². The predicted molar refractivity (Wildman–Crippen MR) is 64.1 cm³/mol. The predicted octanol–water partition coefficient (Wildman–Crippen LogP) is 3.62. The largest absolute Gasteiger partial charge is 0.288 e. The first kappa shape index (κ1) is 11.1. The Morgan fingerprint density at radius 2 is 1.94 bits per heavy atom. The number of aromatic nitrogens is 1. The van der Waals surface area contributed by atoms with E-state index in [9.17, 15) is 4.79 Å². The molecule has 2 aromatic rings. The summed E-state index contributed by atoms with van der Waals surface area (Å²) >= 11 is 11.8. The second-order valence-electron chi connectivity index (χ2n) is 3.17. The van der Waals surface area contributed by atoms with Gasteiger partial charge in [0.05, 0.1) is 10.0 Å². The molecule has 2 rings (SSSR count). The summed E-state index contributed by atoms with van der Waals surface area (Å²) in [5, 5.41) is 0.648. The van der Waals surface area contributed by atoms with Crippen LogP contribution in [0.2, 0.25) is 10.0 Å². The van der Waals surface area contributed by atoms with Gasteiger partial charge in [0.15, 0.2) is 5.78 Å². The summed E-state index contributed by atoms with van der Waals surface area (Å²) in [7, 11) is 0. The molecule has 0 aliphatic carbocycles. The molecule has 0 fully saturated rings. The Hall–Kier alpha value is -1.38.